The fraction of sp³-hybridized carbons (Fsp3) is 0.417. The smallest absolute Gasteiger partial charge is 0.310 e. The lowest BCUT2D eigenvalue weighted by Crippen LogP contribution is -2.33. The van der Waals surface area contributed by atoms with Gasteiger partial charge in [-0.05, 0) is 24.1 Å². The van der Waals surface area contributed by atoms with E-state index < -0.39 is 11.9 Å². The third-order valence-corrected chi connectivity index (χ3v) is 3.17. The molecule has 1 aromatic carbocycles. The molecule has 0 aliphatic carbocycles. The van der Waals surface area contributed by atoms with Gasteiger partial charge in [-0.15, -0.1) is 0 Å². The number of nitrogens with one attached hydrogen (secondary N) is 2. The van der Waals surface area contributed by atoms with E-state index >= 15 is 0 Å². The van der Waals surface area contributed by atoms with Crippen molar-refractivity contribution in [3.05, 3.63) is 35.6 Å². The summed E-state index contributed by atoms with van der Waals surface area (Å²) in [5.74, 6) is -1.70. The minimum absolute atomic E-state index is 0.109. The maximum atomic E-state index is 12.8. The molecule has 92 valence electrons. The third kappa shape index (κ3) is 2.30. The molecule has 1 aliphatic rings. The van der Waals surface area contributed by atoms with Gasteiger partial charge in [0.1, 0.15) is 5.82 Å². The van der Waals surface area contributed by atoms with E-state index in [4.69, 9.17) is 0 Å². The average molecular weight is 238 g/mol. The van der Waals surface area contributed by atoms with Gasteiger partial charge in [0.15, 0.2) is 0 Å². The van der Waals surface area contributed by atoms with Crippen molar-refractivity contribution in [3.8, 4) is 0 Å². The molecular weight excluding hydrogens is 223 g/mol. The van der Waals surface area contributed by atoms with Crippen LogP contribution in [0.15, 0.2) is 24.3 Å². The second-order valence-electron chi connectivity index (χ2n) is 4.20. The van der Waals surface area contributed by atoms with Crippen LogP contribution in [-0.4, -0.2) is 17.1 Å². The summed E-state index contributed by atoms with van der Waals surface area (Å²) in [6, 6.07) is 5.48. The van der Waals surface area contributed by atoms with Crippen LogP contribution in [0.25, 0.3) is 0 Å². The average Bonchev–Trinajstić information content (AvgIpc) is 2.73. The Kier molecular flexibility index (Phi) is 3.40. The van der Waals surface area contributed by atoms with Crippen molar-refractivity contribution >= 4 is 5.97 Å². The molecular formula is C12H15FN2O2. The molecule has 2 rings (SSSR count). The molecule has 0 amide bonds. The fourth-order valence-corrected chi connectivity index (χ4v) is 2.24. The van der Waals surface area contributed by atoms with E-state index in [1.54, 1.807) is 12.1 Å². The highest BCUT2D eigenvalue weighted by Crippen LogP contribution is 2.30. The molecule has 1 aliphatic heterocycles. The number of hydrazine groups is 1. The Balaban J connectivity index is 2.26. The summed E-state index contributed by atoms with van der Waals surface area (Å²) in [7, 11) is 0. The first-order valence-electron chi connectivity index (χ1n) is 5.62. The van der Waals surface area contributed by atoms with Crippen molar-refractivity contribution < 1.29 is 14.3 Å². The summed E-state index contributed by atoms with van der Waals surface area (Å²) < 4.78 is 12.8. The number of halogens is 1. The highest BCUT2D eigenvalue weighted by atomic mass is 19.1. The molecule has 1 aromatic rings. The Bertz CT molecular complexity index is 407. The molecule has 3 atom stereocenters. The second kappa shape index (κ2) is 4.81. The van der Waals surface area contributed by atoms with Crippen LogP contribution in [0.3, 0.4) is 0 Å². The molecule has 0 saturated carbocycles. The zero-order valence-corrected chi connectivity index (χ0v) is 9.48. The second-order valence-corrected chi connectivity index (χ2v) is 4.20. The fourth-order valence-electron chi connectivity index (χ4n) is 2.24. The molecule has 4 nitrogen and oxygen atoms in total. The van der Waals surface area contributed by atoms with E-state index in [2.05, 4.69) is 10.9 Å². The number of hydrogen-bond donors (Lipinski definition) is 3. The van der Waals surface area contributed by atoms with Gasteiger partial charge in [-0.2, -0.15) is 0 Å². The lowest BCUT2D eigenvalue weighted by atomic mass is 9.88. The van der Waals surface area contributed by atoms with Crippen molar-refractivity contribution in [2.45, 2.75) is 25.4 Å². The molecule has 0 aromatic heterocycles. The molecule has 17 heavy (non-hydrogen) atoms. The summed E-state index contributed by atoms with van der Waals surface area (Å²) in [6.07, 6.45) is 0.724. The Labute approximate surface area is 98.8 Å². The first-order chi connectivity index (χ1) is 8.13. The van der Waals surface area contributed by atoms with Gasteiger partial charge in [0.2, 0.25) is 0 Å². The first kappa shape index (κ1) is 12.0. The van der Waals surface area contributed by atoms with Crippen LogP contribution >= 0.6 is 0 Å². The molecule has 3 unspecified atom stereocenters. The Morgan fingerprint density at radius 3 is 2.53 bits per heavy atom. The van der Waals surface area contributed by atoms with Crippen molar-refractivity contribution in [1.82, 2.24) is 10.9 Å². The van der Waals surface area contributed by atoms with E-state index in [0.29, 0.717) is 0 Å². The van der Waals surface area contributed by atoms with E-state index in [1.165, 1.54) is 12.1 Å². The van der Waals surface area contributed by atoms with Gasteiger partial charge >= 0.3 is 5.97 Å². The maximum Gasteiger partial charge on any atom is 0.310 e. The normalized spacial score (nSPS) is 28.2. The third-order valence-electron chi connectivity index (χ3n) is 3.17. The standard InChI is InChI=1S/C12H15FN2O2/c1-2-9-10(12(16)17)11(15-14-9)7-3-5-8(13)6-4-7/h3-6,9-11,14-15H,2H2,1H3,(H,16,17). The highest BCUT2D eigenvalue weighted by molar-refractivity contribution is 5.72. The number of aliphatic carboxylic acids is 1. The number of benzene rings is 1. The summed E-state index contributed by atoms with van der Waals surface area (Å²) in [4.78, 5) is 11.3. The van der Waals surface area contributed by atoms with E-state index in [1.807, 2.05) is 6.92 Å². The van der Waals surface area contributed by atoms with E-state index in [-0.39, 0.29) is 17.9 Å². The molecule has 0 bridgehead atoms. The summed E-state index contributed by atoms with van der Waals surface area (Å²) in [6.45, 7) is 1.93. The number of carboxylic acid groups (broad SMARTS) is 1. The van der Waals surface area contributed by atoms with Crippen molar-refractivity contribution in [3.63, 3.8) is 0 Å². The lowest BCUT2D eigenvalue weighted by Gasteiger charge is -2.18. The number of rotatable bonds is 3. The SMILES string of the molecule is CCC1NNC(c2ccc(F)cc2)C1C(=O)O. The minimum Gasteiger partial charge on any atom is -0.481 e. The Hall–Kier alpha value is -1.46. The van der Waals surface area contributed by atoms with E-state index in [9.17, 15) is 14.3 Å². The predicted molar refractivity (Wildman–Crippen MR) is 60.6 cm³/mol. The highest BCUT2D eigenvalue weighted by Gasteiger charge is 2.40. The molecule has 1 saturated heterocycles. The van der Waals surface area contributed by atoms with Crippen LogP contribution < -0.4 is 10.9 Å². The summed E-state index contributed by atoms with van der Waals surface area (Å²) >= 11 is 0. The van der Waals surface area contributed by atoms with Crippen molar-refractivity contribution in [1.29, 1.82) is 0 Å². The molecule has 1 fully saturated rings. The van der Waals surface area contributed by atoms with Crippen LogP contribution in [0.5, 0.6) is 0 Å². The lowest BCUT2D eigenvalue weighted by molar-refractivity contribution is -0.142. The molecule has 1 heterocycles. The van der Waals surface area contributed by atoms with Gasteiger partial charge in [0.25, 0.3) is 0 Å². The van der Waals surface area contributed by atoms with Crippen LogP contribution in [-0.2, 0) is 4.79 Å². The van der Waals surface area contributed by atoms with Gasteiger partial charge in [-0.1, -0.05) is 19.1 Å². The van der Waals surface area contributed by atoms with Gasteiger partial charge in [0.05, 0.1) is 12.0 Å². The molecule has 0 radical (unpaired) electrons. The zero-order chi connectivity index (χ0) is 12.4. The number of carboxylic acids is 1. The van der Waals surface area contributed by atoms with Gasteiger partial charge < -0.3 is 5.11 Å². The van der Waals surface area contributed by atoms with Gasteiger partial charge in [-0.3, -0.25) is 10.2 Å². The monoisotopic (exact) mass is 238 g/mol. The Morgan fingerprint density at radius 1 is 1.35 bits per heavy atom. The first-order valence-corrected chi connectivity index (χ1v) is 5.62. The zero-order valence-electron chi connectivity index (χ0n) is 9.48. The summed E-state index contributed by atoms with van der Waals surface area (Å²) in [5, 5.41) is 9.25. The molecule has 5 heteroatoms. The quantitative estimate of drug-likeness (QED) is 0.746. The van der Waals surface area contributed by atoms with Crippen LogP contribution in [0.4, 0.5) is 4.39 Å². The minimum atomic E-state index is -0.844. The van der Waals surface area contributed by atoms with Crippen molar-refractivity contribution in [2.24, 2.45) is 5.92 Å². The van der Waals surface area contributed by atoms with Gasteiger partial charge in [-0.25, -0.2) is 9.82 Å². The predicted octanol–water partition coefficient (Wildman–Crippen LogP) is 1.45. The Morgan fingerprint density at radius 2 is 2.00 bits per heavy atom. The van der Waals surface area contributed by atoms with E-state index in [0.717, 1.165) is 12.0 Å². The van der Waals surface area contributed by atoms with Crippen LogP contribution in [0.1, 0.15) is 24.9 Å². The van der Waals surface area contributed by atoms with Crippen LogP contribution in [0, 0.1) is 11.7 Å². The van der Waals surface area contributed by atoms with Crippen LogP contribution in [0.2, 0.25) is 0 Å². The number of hydrogen-bond acceptors (Lipinski definition) is 3. The topological polar surface area (TPSA) is 61.4 Å². The van der Waals surface area contributed by atoms with Gasteiger partial charge in [0, 0.05) is 6.04 Å². The van der Waals surface area contributed by atoms with Crippen molar-refractivity contribution in [2.75, 3.05) is 0 Å². The largest absolute Gasteiger partial charge is 0.481 e. The maximum absolute atomic E-state index is 12.8. The molecule has 3 N–H and O–H groups in total. The number of carbonyl (C=O) groups is 1. The molecule has 0 spiro atoms. The summed E-state index contributed by atoms with van der Waals surface area (Å²) in [5.41, 5.74) is 6.73.